The van der Waals surface area contributed by atoms with Crippen LogP contribution >= 0.6 is 23.2 Å². The Labute approximate surface area is 176 Å². The molecule has 150 valence electrons. The van der Waals surface area contributed by atoms with Crippen molar-refractivity contribution in [2.45, 2.75) is 17.9 Å². The van der Waals surface area contributed by atoms with Gasteiger partial charge in [0.2, 0.25) is 10.0 Å². The largest absolute Gasteiger partial charge is 0.289 e. The molecule has 0 radical (unpaired) electrons. The van der Waals surface area contributed by atoms with Gasteiger partial charge < -0.3 is 0 Å². The number of hydrogen-bond acceptors (Lipinski definition) is 5. The molecule has 0 unspecified atom stereocenters. The van der Waals surface area contributed by atoms with Crippen molar-refractivity contribution in [1.82, 2.24) is 14.5 Å². The molecule has 0 atom stereocenters. The first-order chi connectivity index (χ1) is 13.8. The van der Waals surface area contributed by atoms with E-state index in [0.717, 1.165) is 22.9 Å². The van der Waals surface area contributed by atoms with E-state index in [2.05, 4.69) is 10.2 Å². The first-order valence-electron chi connectivity index (χ1n) is 8.53. The number of rotatable bonds is 4. The predicted octanol–water partition coefficient (Wildman–Crippen LogP) is 4.04. The molecular weight excluding hydrogens is 439 g/mol. The molecule has 0 spiro atoms. The molecule has 2 heterocycles. The van der Waals surface area contributed by atoms with Crippen LogP contribution in [0.4, 0.5) is 5.69 Å². The number of nitrogens with zero attached hydrogens (tertiary/aromatic N) is 3. The van der Waals surface area contributed by atoms with Crippen LogP contribution in [0, 0.1) is 10.1 Å². The number of halogens is 2. The molecule has 0 amide bonds. The van der Waals surface area contributed by atoms with E-state index >= 15 is 0 Å². The third-order valence-corrected chi connectivity index (χ3v) is 7.18. The Kier molecular flexibility index (Phi) is 5.07. The quantitative estimate of drug-likeness (QED) is 0.474. The Morgan fingerprint density at radius 1 is 1.14 bits per heavy atom. The van der Waals surface area contributed by atoms with Crippen LogP contribution in [-0.4, -0.2) is 34.4 Å². The smallest absolute Gasteiger partial charge is 0.282 e. The number of benzene rings is 2. The van der Waals surface area contributed by atoms with E-state index in [9.17, 15) is 18.5 Å². The molecule has 1 aromatic heterocycles. The lowest BCUT2D eigenvalue weighted by Gasteiger charge is -2.26. The molecular formula is C18H14Cl2N4O4S. The van der Waals surface area contributed by atoms with Gasteiger partial charge in [-0.2, -0.15) is 9.40 Å². The maximum atomic E-state index is 13.1. The van der Waals surface area contributed by atoms with Crippen LogP contribution in [0.15, 0.2) is 47.4 Å². The third-order valence-electron chi connectivity index (χ3n) is 4.77. The van der Waals surface area contributed by atoms with Gasteiger partial charge in [0.05, 0.1) is 15.5 Å². The van der Waals surface area contributed by atoms with E-state index in [1.807, 2.05) is 12.1 Å². The molecule has 4 rings (SSSR count). The summed E-state index contributed by atoms with van der Waals surface area (Å²) in [5.74, 6) is 0. The van der Waals surface area contributed by atoms with Crippen molar-refractivity contribution in [2.24, 2.45) is 0 Å². The highest BCUT2D eigenvalue weighted by molar-refractivity contribution is 7.89. The Morgan fingerprint density at radius 3 is 2.55 bits per heavy atom. The van der Waals surface area contributed by atoms with Crippen molar-refractivity contribution in [3.05, 3.63) is 73.9 Å². The first kappa shape index (κ1) is 19.8. The van der Waals surface area contributed by atoms with Crippen LogP contribution in [0.5, 0.6) is 0 Å². The third kappa shape index (κ3) is 3.62. The summed E-state index contributed by atoms with van der Waals surface area (Å²) in [6, 6.07) is 10.6. The second-order valence-corrected chi connectivity index (χ2v) is 9.28. The van der Waals surface area contributed by atoms with Crippen LogP contribution < -0.4 is 0 Å². The van der Waals surface area contributed by atoms with E-state index < -0.39 is 20.6 Å². The highest BCUT2D eigenvalue weighted by Crippen LogP contribution is 2.33. The van der Waals surface area contributed by atoms with Crippen molar-refractivity contribution in [2.75, 3.05) is 6.54 Å². The summed E-state index contributed by atoms with van der Waals surface area (Å²) in [5, 5.41) is 18.9. The zero-order valence-corrected chi connectivity index (χ0v) is 17.1. The van der Waals surface area contributed by atoms with Crippen LogP contribution in [0.25, 0.3) is 11.3 Å². The summed E-state index contributed by atoms with van der Waals surface area (Å²) in [5.41, 5.74) is 2.65. The Hall–Kier alpha value is -2.46. The Bertz CT molecular complexity index is 1210. The highest BCUT2D eigenvalue weighted by Gasteiger charge is 2.32. The van der Waals surface area contributed by atoms with Gasteiger partial charge >= 0.3 is 0 Å². The van der Waals surface area contributed by atoms with Crippen molar-refractivity contribution in [1.29, 1.82) is 0 Å². The number of H-pyrrole nitrogens is 1. The Morgan fingerprint density at radius 2 is 1.86 bits per heavy atom. The fraction of sp³-hybridized carbons (Fsp3) is 0.167. The molecule has 0 bridgehead atoms. The minimum Gasteiger partial charge on any atom is -0.282 e. The molecule has 0 fully saturated rings. The fourth-order valence-electron chi connectivity index (χ4n) is 3.26. The molecule has 1 aliphatic heterocycles. The summed E-state index contributed by atoms with van der Waals surface area (Å²) in [6.07, 6.45) is 0.449. The minimum absolute atomic E-state index is 0.0998. The van der Waals surface area contributed by atoms with Crippen molar-refractivity contribution >= 4 is 38.9 Å². The van der Waals surface area contributed by atoms with Crippen molar-refractivity contribution < 1.29 is 13.3 Å². The number of aromatic nitrogens is 2. The number of nitrogens with one attached hydrogen (secondary N) is 1. The van der Waals surface area contributed by atoms with E-state index in [0.29, 0.717) is 17.1 Å². The SMILES string of the molecule is O=[N+]([O-])c1cc(S(=O)(=O)N2CCc3[nH]nc(-c4ccc(Cl)cc4)c3C2)ccc1Cl. The van der Waals surface area contributed by atoms with Crippen LogP contribution in [0.2, 0.25) is 10.0 Å². The summed E-state index contributed by atoms with van der Waals surface area (Å²) in [4.78, 5) is 10.2. The molecule has 0 aliphatic carbocycles. The summed E-state index contributed by atoms with van der Waals surface area (Å²) < 4.78 is 27.5. The van der Waals surface area contributed by atoms with E-state index in [1.54, 1.807) is 12.1 Å². The van der Waals surface area contributed by atoms with Gasteiger partial charge in [-0.05, 0) is 24.3 Å². The monoisotopic (exact) mass is 452 g/mol. The maximum Gasteiger partial charge on any atom is 0.289 e. The molecule has 1 aliphatic rings. The van der Waals surface area contributed by atoms with Gasteiger partial charge in [0.25, 0.3) is 5.69 Å². The van der Waals surface area contributed by atoms with Crippen molar-refractivity contribution in [3.63, 3.8) is 0 Å². The molecule has 11 heteroatoms. The normalized spacial score (nSPS) is 14.6. The van der Waals surface area contributed by atoms with E-state index in [-0.39, 0.29) is 23.0 Å². The second kappa shape index (κ2) is 7.42. The Balaban J connectivity index is 1.69. The van der Waals surface area contributed by atoms with Gasteiger partial charge in [-0.15, -0.1) is 0 Å². The van der Waals surface area contributed by atoms with Gasteiger partial charge in [-0.1, -0.05) is 35.3 Å². The lowest BCUT2D eigenvalue weighted by molar-refractivity contribution is -0.384. The van der Waals surface area contributed by atoms with Gasteiger partial charge in [-0.25, -0.2) is 8.42 Å². The maximum absolute atomic E-state index is 13.1. The number of aromatic amines is 1. The summed E-state index contributed by atoms with van der Waals surface area (Å²) in [7, 11) is -3.95. The minimum atomic E-state index is -3.95. The summed E-state index contributed by atoms with van der Waals surface area (Å²) in [6.45, 7) is 0.330. The molecule has 3 aromatic rings. The number of nitro benzene ring substituents is 1. The van der Waals surface area contributed by atoms with Gasteiger partial charge in [0.1, 0.15) is 5.02 Å². The average molecular weight is 453 g/mol. The molecule has 1 N–H and O–H groups in total. The zero-order chi connectivity index (χ0) is 20.8. The van der Waals surface area contributed by atoms with Crippen molar-refractivity contribution in [3.8, 4) is 11.3 Å². The summed E-state index contributed by atoms with van der Waals surface area (Å²) >= 11 is 11.7. The number of nitro groups is 1. The standard InChI is InChI=1S/C18H14Cl2N4O4S/c19-12-3-1-11(2-4-12)18-14-10-23(8-7-16(14)21-22-18)29(27,28)13-5-6-15(20)17(9-13)24(25)26/h1-6,9H,7-8,10H2,(H,21,22). The molecule has 8 nitrogen and oxygen atoms in total. The second-order valence-electron chi connectivity index (χ2n) is 6.50. The van der Waals surface area contributed by atoms with Gasteiger partial charge in [0.15, 0.2) is 0 Å². The lowest BCUT2D eigenvalue weighted by atomic mass is 10.0. The van der Waals surface area contributed by atoms with Gasteiger partial charge in [-0.3, -0.25) is 15.2 Å². The molecule has 2 aromatic carbocycles. The molecule has 0 saturated carbocycles. The van der Waals surface area contributed by atoms with Crippen LogP contribution in [-0.2, 0) is 23.0 Å². The fourth-order valence-corrected chi connectivity index (χ4v) is 5.01. The molecule has 29 heavy (non-hydrogen) atoms. The number of sulfonamides is 1. The topological polar surface area (TPSA) is 109 Å². The van der Waals surface area contributed by atoms with E-state index in [1.165, 1.54) is 16.4 Å². The number of fused-ring (bicyclic) bond motifs is 1. The van der Waals surface area contributed by atoms with Crippen LogP contribution in [0.3, 0.4) is 0 Å². The number of hydrogen-bond donors (Lipinski definition) is 1. The predicted molar refractivity (Wildman–Crippen MR) is 108 cm³/mol. The molecule has 0 saturated heterocycles. The zero-order valence-electron chi connectivity index (χ0n) is 14.8. The average Bonchev–Trinajstić information content (AvgIpc) is 3.12. The van der Waals surface area contributed by atoms with Crippen LogP contribution in [0.1, 0.15) is 11.3 Å². The van der Waals surface area contributed by atoms with E-state index in [4.69, 9.17) is 23.2 Å². The first-order valence-corrected chi connectivity index (χ1v) is 10.7. The van der Waals surface area contributed by atoms with Gasteiger partial charge in [0, 0.05) is 47.4 Å². The lowest BCUT2D eigenvalue weighted by Crippen LogP contribution is -2.36. The highest BCUT2D eigenvalue weighted by atomic mass is 35.5.